The topological polar surface area (TPSA) is 57.7 Å². The molecule has 0 bridgehead atoms. The van der Waals surface area contributed by atoms with Crippen LogP contribution in [0.15, 0.2) is 24.4 Å². The number of rotatable bonds is 3. The van der Waals surface area contributed by atoms with Crippen LogP contribution in [0, 0.1) is 11.3 Å². The normalized spacial score (nSPS) is 31.3. The molecular weight excluding hydrogens is 316 g/mol. The standard InChI is InChI=1S/C19H28N4O2/c1-19(2)16(15-6-12-25-17(15)19)21-18(24)23-10-8-22(9-11-23)13-14-5-3-4-7-20-14/h3-5,7,15-17H,6,8-13H2,1-2H3,(H,21,24)/t15-,16-,17+/m1/s1. The molecule has 4 rings (SSSR count). The average molecular weight is 344 g/mol. The number of piperazine rings is 1. The van der Waals surface area contributed by atoms with Crippen LogP contribution in [0.4, 0.5) is 4.79 Å². The zero-order valence-corrected chi connectivity index (χ0v) is 15.1. The Kier molecular flexibility index (Phi) is 4.41. The number of hydrogen-bond donors (Lipinski definition) is 1. The first kappa shape index (κ1) is 16.8. The van der Waals surface area contributed by atoms with Gasteiger partial charge in [-0.25, -0.2) is 4.79 Å². The van der Waals surface area contributed by atoms with Crippen molar-refractivity contribution in [3.8, 4) is 0 Å². The van der Waals surface area contributed by atoms with Gasteiger partial charge in [-0.2, -0.15) is 0 Å². The summed E-state index contributed by atoms with van der Waals surface area (Å²) < 4.78 is 5.82. The molecule has 25 heavy (non-hydrogen) atoms. The van der Waals surface area contributed by atoms with E-state index in [1.54, 1.807) is 0 Å². The molecule has 1 aromatic rings. The van der Waals surface area contributed by atoms with Gasteiger partial charge in [-0.15, -0.1) is 0 Å². The summed E-state index contributed by atoms with van der Waals surface area (Å²) in [5.74, 6) is 0.490. The van der Waals surface area contributed by atoms with Crippen molar-refractivity contribution in [3.05, 3.63) is 30.1 Å². The van der Waals surface area contributed by atoms with Crippen molar-refractivity contribution < 1.29 is 9.53 Å². The van der Waals surface area contributed by atoms with Gasteiger partial charge >= 0.3 is 6.03 Å². The molecular formula is C19H28N4O2. The van der Waals surface area contributed by atoms with Gasteiger partial charge in [-0.05, 0) is 18.6 Å². The van der Waals surface area contributed by atoms with Gasteiger partial charge in [0.25, 0.3) is 0 Å². The van der Waals surface area contributed by atoms with Crippen molar-refractivity contribution in [1.82, 2.24) is 20.1 Å². The smallest absolute Gasteiger partial charge is 0.317 e. The number of fused-ring (bicyclic) bond motifs is 1. The van der Waals surface area contributed by atoms with Crippen LogP contribution in [0.2, 0.25) is 0 Å². The van der Waals surface area contributed by atoms with Crippen molar-refractivity contribution in [2.45, 2.75) is 39.0 Å². The molecule has 6 heteroatoms. The molecule has 0 unspecified atom stereocenters. The zero-order chi connectivity index (χ0) is 17.4. The Bertz CT molecular complexity index is 613. The molecule has 3 fully saturated rings. The van der Waals surface area contributed by atoms with Gasteiger partial charge in [-0.3, -0.25) is 9.88 Å². The molecule has 1 aliphatic carbocycles. The van der Waals surface area contributed by atoms with E-state index in [9.17, 15) is 4.79 Å². The maximum absolute atomic E-state index is 12.7. The van der Waals surface area contributed by atoms with E-state index in [0.29, 0.717) is 12.0 Å². The lowest BCUT2D eigenvalue weighted by Gasteiger charge is -2.55. The lowest BCUT2D eigenvalue weighted by molar-refractivity contribution is -0.109. The number of aromatic nitrogens is 1. The van der Waals surface area contributed by atoms with Gasteiger partial charge in [-0.1, -0.05) is 19.9 Å². The molecule has 6 nitrogen and oxygen atoms in total. The van der Waals surface area contributed by atoms with Crippen LogP contribution >= 0.6 is 0 Å². The third-order valence-electron chi connectivity index (χ3n) is 6.15. The van der Waals surface area contributed by atoms with Crippen molar-refractivity contribution >= 4 is 6.03 Å². The van der Waals surface area contributed by atoms with Crippen molar-refractivity contribution in [3.63, 3.8) is 0 Å². The summed E-state index contributed by atoms with van der Waals surface area (Å²) in [6, 6.07) is 6.33. The summed E-state index contributed by atoms with van der Waals surface area (Å²) in [5, 5.41) is 3.29. The number of urea groups is 1. The van der Waals surface area contributed by atoms with Crippen molar-refractivity contribution in [1.29, 1.82) is 0 Å². The van der Waals surface area contributed by atoms with Crippen LogP contribution in [0.25, 0.3) is 0 Å². The Morgan fingerprint density at radius 3 is 2.84 bits per heavy atom. The molecule has 136 valence electrons. The Morgan fingerprint density at radius 1 is 1.32 bits per heavy atom. The summed E-state index contributed by atoms with van der Waals surface area (Å²) in [7, 11) is 0. The highest BCUT2D eigenvalue weighted by Crippen LogP contribution is 2.52. The Labute approximate surface area is 149 Å². The number of amides is 2. The molecule has 3 atom stereocenters. The minimum Gasteiger partial charge on any atom is -0.377 e. The van der Waals surface area contributed by atoms with Gasteiger partial charge in [0.15, 0.2) is 0 Å². The van der Waals surface area contributed by atoms with E-state index in [4.69, 9.17) is 4.74 Å². The van der Waals surface area contributed by atoms with E-state index in [0.717, 1.165) is 51.4 Å². The van der Waals surface area contributed by atoms with Crippen LogP contribution in [-0.2, 0) is 11.3 Å². The van der Waals surface area contributed by atoms with Crippen molar-refractivity contribution in [2.75, 3.05) is 32.8 Å². The van der Waals surface area contributed by atoms with Crippen LogP contribution in [0.1, 0.15) is 26.0 Å². The SMILES string of the molecule is CC1(C)[C@H](NC(=O)N2CCN(Cc3ccccn3)CC2)[C@H]2CCO[C@@H]21. The first-order valence-electron chi connectivity index (χ1n) is 9.35. The van der Waals surface area contributed by atoms with E-state index in [2.05, 4.69) is 35.1 Å². The second-order valence-electron chi connectivity index (χ2n) is 8.08. The molecule has 3 heterocycles. The predicted molar refractivity (Wildman–Crippen MR) is 95.0 cm³/mol. The van der Waals surface area contributed by atoms with Gasteiger partial charge in [0.1, 0.15) is 0 Å². The maximum Gasteiger partial charge on any atom is 0.317 e. The summed E-state index contributed by atoms with van der Waals surface area (Å²) >= 11 is 0. The average Bonchev–Trinajstić information content (AvgIpc) is 3.08. The minimum atomic E-state index is 0.0393. The van der Waals surface area contributed by atoms with E-state index in [1.165, 1.54) is 0 Å². The van der Waals surface area contributed by atoms with Gasteiger partial charge in [0, 0.05) is 62.9 Å². The van der Waals surface area contributed by atoms with Crippen LogP contribution < -0.4 is 5.32 Å². The maximum atomic E-state index is 12.7. The van der Waals surface area contributed by atoms with E-state index in [-0.39, 0.29) is 17.5 Å². The molecule has 3 aliphatic rings. The number of carbonyl (C=O) groups is 1. The number of nitrogens with zero attached hydrogens (tertiary/aromatic N) is 3. The molecule has 1 aromatic heterocycles. The van der Waals surface area contributed by atoms with E-state index >= 15 is 0 Å². The number of carbonyl (C=O) groups excluding carboxylic acids is 1. The van der Waals surface area contributed by atoms with E-state index in [1.807, 2.05) is 23.2 Å². The fourth-order valence-electron chi connectivity index (χ4n) is 4.67. The summed E-state index contributed by atoms with van der Waals surface area (Å²) in [6.07, 6.45) is 3.21. The summed E-state index contributed by atoms with van der Waals surface area (Å²) in [5.41, 5.74) is 1.13. The molecule has 1 N–H and O–H groups in total. The first-order chi connectivity index (χ1) is 12.1. The minimum absolute atomic E-state index is 0.0393. The second-order valence-corrected chi connectivity index (χ2v) is 8.08. The Hall–Kier alpha value is -1.66. The lowest BCUT2D eigenvalue weighted by Crippen LogP contribution is -2.68. The van der Waals surface area contributed by atoms with Gasteiger partial charge in [0.05, 0.1) is 11.8 Å². The van der Waals surface area contributed by atoms with Crippen LogP contribution in [-0.4, -0.2) is 65.7 Å². The summed E-state index contributed by atoms with van der Waals surface area (Å²) in [6.45, 7) is 9.43. The Morgan fingerprint density at radius 2 is 2.12 bits per heavy atom. The number of nitrogens with one attached hydrogen (secondary N) is 1. The number of ether oxygens (including phenoxy) is 1. The largest absolute Gasteiger partial charge is 0.377 e. The van der Waals surface area contributed by atoms with E-state index < -0.39 is 0 Å². The highest BCUT2D eigenvalue weighted by molar-refractivity contribution is 5.75. The number of hydrogen-bond acceptors (Lipinski definition) is 4. The highest BCUT2D eigenvalue weighted by Gasteiger charge is 2.60. The predicted octanol–water partition coefficient (Wildman–Crippen LogP) is 1.72. The molecule has 0 spiro atoms. The molecule has 2 amide bonds. The molecule has 0 radical (unpaired) electrons. The van der Waals surface area contributed by atoms with Crippen molar-refractivity contribution in [2.24, 2.45) is 11.3 Å². The molecule has 2 aliphatic heterocycles. The molecule has 1 saturated carbocycles. The quantitative estimate of drug-likeness (QED) is 0.907. The zero-order valence-electron chi connectivity index (χ0n) is 15.1. The first-order valence-corrected chi connectivity index (χ1v) is 9.35. The summed E-state index contributed by atoms with van der Waals surface area (Å²) in [4.78, 5) is 21.4. The van der Waals surface area contributed by atoms with Crippen LogP contribution in [0.5, 0.6) is 0 Å². The third kappa shape index (κ3) is 3.13. The molecule has 0 aromatic carbocycles. The van der Waals surface area contributed by atoms with Crippen LogP contribution in [0.3, 0.4) is 0 Å². The fourth-order valence-corrected chi connectivity index (χ4v) is 4.67. The molecule has 2 saturated heterocycles. The lowest BCUT2D eigenvalue weighted by atomic mass is 9.57. The second kappa shape index (κ2) is 6.57. The third-order valence-corrected chi connectivity index (χ3v) is 6.15. The monoisotopic (exact) mass is 344 g/mol. The fraction of sp³-hybridized carbons (Fsp3) is 0.684. The number of pyridine rings is 1. The van der Waals surface area contributed by atoms with Gasteiger partial charge in [0.2, 0.25) is 0 Å². The Balaban J connectivity index is 1.27. The highest BCUT2D eigenvalue weighted by atomic mass is 16.5. The van der Waals surface area contributed by atoms with Gasteiger partial charge < -0.3 is 15.0 Å².